The molecule has 1 fully saturated rings. The maximum atomic E-state index is 13.4. The molecule has 9 heteroatoms. The van der Waals surface area contributed by atoms with Crippen molar-refractivity contribution in [3.63, 3.8) is 0 Å². The first-order chi connectivity index (χ1) is 18.3. The number of rotatable bonds is 5. The number of carbonyl (C=O) groups is 1. The molecule has 2 aromatic carbocycles. The largest absolute Gasteiger partial charge is 0.508 e. The number of likely N-dealkylation sites (tertiary alicyclic amines) is 1. The van der Waals surface area contributed by atoms with Gasteiger partial charge in [-0.2, -0.15) is 5.10 Å². The number of imidazole rings is 1. The summed E-state index contributed by atoms with van der Waals surface area (Å²) in [6.45, 7) is 4.34. The molecule has 6 rings (SSSR count). The Bertz CT molecular complexity index is 1500. The van der Waals surface area contributed by atoms with Crippen molar-refractivity contribution < 1.29 is 9.90 Å². The molecule has 1 saturated heterocycles. The minimum atomic E-state index is -0.198. The molecular weight excluding hydrogens is 478 g/mol. The number of amides is 1. The summed E-state index contributed by atoms with van der Waals surface area (Å²) in [5.74, 6) is 1.21. The summed E-state index contributed by atoms with van der Waals surface area (Å²) in [5.41, 5.74) is 6.98. The molecule has 2 aromatic heterocycles. The van der Waals surface area contributed by atoms with Gasteiger partial charge >= 0.3 is 0 Å². The van der Waals surface area contributed by atoms with Crippen molar-refractivity contribution >= 4 is 16.8 Å². The maximum Gasteiger partial charge on any atom is 0.240 e. The predicted octanol–water partition coefficient (Wildman–Crippen LogP) is 3.41. The lowest BCUT2D eigenvalue weighted by Gasteiger charge is -2.33. The van der Waals surface area contributed by atoms with Gasteiger partial charge in [0.25, 0.3) is 0 Å². The maximum absolute atomic E-state index is 13.4. The second-order valence-electron chi connectivity index (χ2n) is 10.9. The number of aromatic nitrogens is 4. The molecule has 4 aromatic rings. The zero-order chi connectivity index (χ0) is 26.6. The van der Waals surface area contributed by atoms with Crippen LogP contribution >= 0.6 is 0 Å². The monoisotopic (exact) mass is 513 g/mol. The average Bonchev–Trinajstić information content (AvgIpc) is 3.65. The van der Waals surface area contributed by atoms with Crippen LogP contribution in [-0.2, 0) is 24.2 Å². The van der Waals surface area contributed by atoms with Crippen LogP contribution < -0.4 is 0 Å². The van der Waals surface area contributed by atoms with Gasteiger partial charge in [-0.3, -0.25) is 14.8 Å². The molecule has 2 aliphatic heterocycles. The van der Waals surface area contributed by atoms with E-state index in [-0.39, 0.29) is 17.7 Å². The van der Waals surface area contributed by atoms with E-state index in [9.17, 15) is 9.90 Å². The molecule has 198 valence electrons. The van der Waals surface area contributed by atoms with Crippen molar-refractivity contribution in [2.75, 3.05) is 34.2 Å². The van der Waals surface area contributed by atoms with Crippen LogP contribution in [0.5, 0.6) is 5.75 Å². The first kappa shape index (κ1) is 24.6. The highest BCUT2D eigenvalue weighted by atomic mass is 16.3. The first-order valence-electron chi connectivity index (χ1n) is 13.4. The molecule has 4 heterocycles. The molecule has 2 atom stereocenters. The molecule has 0 radical (unpaired) electrons. The molecule has 9 nitrogen and oxygen atoms in total. The van der Waals surface area contributed by atoms with Crippen molar-refractivity contribution in [3.8, 4) is 28.4 Å². The van der Waals surface area contributed by atoms with Crippen molar-refractivity contribution in [1.82, 2.24) is 34.9 Å². The van der Waals surface area contributed by atoms with E-state index in [0.717, 1.165) is 76.4 Å². The van der Waals surface area contributed by atoms with Crippen LogP contribution in [-0.4, -0.2) is 92.2 Å². The van der Waals surface area contributed by atoms with Crippen molar-refractivity contribution in [2.24, 2.45) is 0 Å². The lowest BCUT2D eigenvalue weighted by Crippen LogP contribution is -2.50. The fourth-order valence-corrected chi connectivity index (χ4v) is 5.93. The van der Waals surface area contributed by atoms with Crippen LogP contribution in [0.25, 0.3) is 33.5 Å². The number of aromatic amines is 2. The van der Waals surface area contributed by atoms with Crippen molar-refractivity contribution in [1.29, 1.82) is 0 Å². The van der Waals surface area contributed by atoms with E-state index in [0.29, 0.717) is 19.0 Å². The molecule has 0 unspecified atom stereocenters. The number of phenolic OH excluding ortho intramolecular Hbond substituents is 1. The third-order valence-corrected chi connectivity index (χ3v) is 8.25. The highest BCUT2D eigenvalue weighted by Gasteiger charge is 2.37. The fourth-order valence-electron chi connectivity index (χ4n) is 5.93. The predicted molar refractivity (Wildman–Crippen MR) is 148 cm³/mol. The number of carbonyl (C=O) groups excluding carboxylic acids is 1. The van der Waals surface area contributed by atoms with E-state index in [4.69, 9.17) is 4.98 Å². The summed E-state index contributed by atoms with van der Waals surface area (Å²) >= 11 is 0. The normalized spacial score (nSPS) is 20.0. The summed E-state index contributed by atoms with van der Waals surface area (Å²) in [7, 11) is 6.18. The molecule has 0 bridgehead atoms. The SMILES string of the molecule is CCc1cc(O)ccc1-c1ccc2c(-c3nc4c([nH]3)CN(C)[C@H](C(=O)N3CC[C@H](N(C)C)C3)C4)n[nH]c2c1. The third-order valence-electron chi connectivity index (χ3n) is 8.25. The number of nitrogens with one attached hydrogen (secondary N) is 2. The lowest BCUT2D eigenvalue weighted by atomic mass is 9.97. The standard InChI is InChI=1S/C29H35N7O2/c1-5-17-12-20(37)7-9-21(17)18-6-8-22-23(13-18)32-33-27(22)28-30-24-14-26(35(4)16-25(24)31-28)29(38)36-11-10-19(15-36)34(2)3/h6-9,12-13,19,26,37H,5,10-11,14-16H2,1-4H3,(H,30,31)(H,32,33)/t19-,26-/m0/s1. The number of hydrogen-bond donors (Lipinski definition) is 3. The average molecular weight is 514 g/mol. The second-order valence-corrected chi connectivity index (χ2v) is 10.9. The van der Waals surface area contributed by atoms with Gasteiger partial charge in [0.1, 0.15) is 11.4 Å². The Morgan fingerprint density at radius 2 is 2.05 bits per heavy atom. The third kappa shape index (κ3) is 4.25. The minimum absolute atomic E-state index is 0.198. The summed E-state index contributed by atoms with van der Waals surface area (Å²) in [4.78, 5) is 28.2. The van der Waals surface area contributed by atoms with E-state index in [1.165, 1.54) is 0 Å². The molecular formula is C29H35N7O2. The molecule has 2 aliphatic rings. The van der Waals surface area contributed by atoms with E-state index >= 15 is 0 Å². The van der Waals surface area contributed by atoms with Gasteiger partial charge in [0.05, 0.1) is 22.9 Å². The van der Waals surface area contributed by atoms with Gasteiger partial charge in [0.2, 0.25) is 5.91 Å². The lowest BCUT2D eigenvalue weighted by molar-refractivity contribution is -0.136. The summed E-state index contributed by atoms with van der Waals surface area (Å²) in [6.07, 6.45) is 2.45. The zero-order valence-corrected chi connectivity index (χ0v) is 22.5. The Hall–Kier alpha value is -3.69. The number of phenols is 1. The first-order valence-corrected chi connectivity index (χ1v) is 13.4. The number of aryl methyl sites for hydroxylation is 1. The minimum Gasteiger partial charge on any atom is -0.508 e. The number of aromatic hydroxyl groups is 1. The topological polar surface area (TPSA) is 104 Å². The van der Waals surface area contributed by atoms with Crippen LogP contribution in [0, 0.1) is 0 Å². The van der Waals surface area contributed by atoms with Crippen molar-refractivity contribution in [3.05, 3.63) is 53.3 Å². The number of likely N-dealkylation sites (N-methyl/N-ethyl adjacent to an activating group) is 2. The van der Waals surface area contributed by atoms with Crippen LogP contribution in [0.4, 0.5) is 0 Å². The summed E-state index contributed by atoms with van der Waals surface area (Å²) in [6, 6.07) is 12.0. The molecule has 38 heavy (non-hydrogen) atoms. The van der Waals surface area contributed by atoms with Gasteiger partial charge in [-0.1, -0.05) is 19.1 Å². The van der Waals surface area contributed by atoms with Gasteiger partial charge in [0, 0.05) is 37.5 Å². The highest BCUT2D eigenvalue weighted by molar-refractivity contribution is 5.94. The van der Waals surface area contributed by atoms with E-state index < -0.39 is 0 Å². The molecule has 0 aliphatic carbocycles. The van der Waals surface area contributed by atoms with E-state index in [2.05, 4.69) is 64.2 Å². The Kier molecular flexibility index (Phi) is 6.20. The summed E-state index contributed by atoms with van der Waals surface area (Å²) < 4.78 is 0. The fraction of sp³-hybridized carbons (Fsp3) is 0.414. The smallest absolute Gasteiger partial charge is 0.240 e. The number of H-pyrrole nitrogens is 2. The number of nitrogens with zero attached hydrogens (tertiary/aromatic N) is 5. The Labute approximate surface area is 222 Å². The number of fused-ring (bicyclic) bond motifs is 2. The van der Waals surface area contributed by atoms with Gasteiger partial charge in [-0.05, 0) is 74.9 Å². The molecule has 1 amide bonds. The number of benzene rings is 2. The van der Waals surface area contributed by atoms with Gasteiger partial charge < -0.3 is 19.9 Å². The highest BCUT2D eigenvalue weighted by Crippen LogP contribution is 2.33. The number of hydrogen-bond acceptors (Lipinski definition) is 6. The quantitative estimate of drug-likeness (QED) is 0.378. The van der Waals surface area contributed by atoms with Gasteiger partial charge in [-0.15, -0.1) is 0 Å². The van der Waals surface area contributed by atoms with Crippen LogP contribution in [0.1, 0.15) is 30.3 Å². The molecule has 0 spiro atoms. The zero-order valence-electron chi connectivity index (χ0n) is 22.5. The Morgan fingerprint density at radius 1 is 1.21 bits per heavy atom. The Morgan fingerprint density at radius 3 is 2.82 bits per heavy atom. The van der Waals surface area contributed by atoms with Gasteiger partial charge in [0.15, 0.2) is 5.82 Å². The second kappa shape index (κ2) is 9.56. The van der Waals surface area contributed by atoms with Crippen molar-refractivity contribution in [2.45, 2.75) is 44.8 Å². The Balaban J connectivity index is 1.25. The van der Waals surface area contributed by atoms with E-state index in [1.54, 1.807) is 6.07 Å². The van der Waals surface area contributed by atoms with Crippen LogP contribution in [0.3, 0.4) is 0 Å². The van der Waals surface area contributed by atoms with Crippen LogP contribution in [0.2, 0.25) is 0 Å². The summed E-state index contributed by atoms with van der Waals surface area (Å²) in [5, 5.41) is 18.7. The molecule has 3 N–H and O–H groups in total. The van der Waals surface area contributed by atoms with Crippen LogP contribution in [0.15, 0.2) is 36.4 Å². The molecule has 0 saturated carbocycles. The van der Waals surface area contributed by atoms with Gasteiger partial charge in [-0.25, -0.2) is 4.98 Å². The van der Waals surface area contributed by atoms with E-state index in [1.807, 2.05) is 24.1 Å².